The van der Waals surface area contributed by atoms with Crippen molar-refractivity contribution in [2.24, 2.45) is 0 Å². The molecule has 0 radical (unpaired) electrons. The van der Waals surface area contributed by atoms with Crippen molar-refractivity contribution < 1.29 is 9.53 Å². The number of benzene rings is 1. The van der Waals surface area contributed by atoms with E-state index in [1.165, 1.54) is 18.3 Å². The van der Waals surface area contributed by atoms with Gasteiger partial charge in [-0.05, 0) is 18.6 Å². The largest absolute Gasteiger partial charge is 0.455 e. The molecule has 3 nitrogen and oxygen atoms in total. The molecule has 0 aliphatic carbocycles. The van der Waals surface area contributed by atoms with Crippen LogP contribution in [-0.4, -0.2) is 11.0 Å². The monoisotopic (exact) mass is 297 g/mol. The van der Waals surface area contributed by atoms with Crippen LogP contribution in [0.5, 0.6) is 0 Å². The zero-order chi connectivity index (χ0) is 14.1. The number of esters is 1. The topological polar surface area (TPSA) is 39.2 Å². The normalized spacial score (nSPS) is 11.1. The van der Waals surface area contributed by atoms with E-state index in [4.69, 9.17) is 16.3 Å². The zero-order valence-electron chi connectivity index (χ0n) is 10.9. The van der Waals surface area contributed by atoms with Gasteiger partial charge in [0.2, 0.25) is 0 Å². The second kappa shape index (κ2) is 8.67. The molecule has 0 spiro atoms. The third-order valence-electron chi connectivity index (χ3n) is 2.14. The van der Waals surface area contributed by atoms with Crippen LogP contribution in [-0.2, 0) is 9.53 Å². The first-order valence-electron chi connectivity index (χ1n) is 5.90. The van der Waals surface area contributed by atoms with Crippen LogP contribution in [0.25, 0.3) is 0 Å². The lowest BCUT2D eigenvalue weighted by Gasteiger charge is -2.11. The molecular formula is C14H16ClNO2S. The van der Waals surface area contributed by atoms with Gasteiger partial charge in [0.25, 0.3) is 0 Å². The fourth-order valence-electron chi connectivity index (χ4n) is 1.32. The molecule has 0 bridgehead atoms. The average molecular weight is 298 g/mol. The average Bonchev–Trinajstić information content (AvgIpc) is 2.91. The summed E-state index contributed by atoms with van der Waals surface area (Å²) < 4.78 is 5.05. The van der Waals surface area contributed by atoms with Gasteiger partial charge in [0.05, 0.1) is 0 Å². The Kier molecular flexibility index (Phi) is 7.15. The van der Waals surface area contributed by atoms with Crippen LogP contribution >= 0.6 is 22.9 Å². The number of ether oxygens (including phenoxy) is 1. The standard InChI is InChI=1S/C8H11NO2S.C6H5Cl/c1-3-7(11-6(2)10)8-9-4-5-12-8;7-6-4-2-1-3-5-6/h4-5,7H,3H2,1-2H3;1-5H. The molecule has 0 amide bonds. The fourth-order valence-corrected chi connectivity index (χ4v) is 2.21. The Morgan fingerprint density at radius 3 is 2.47 bits per heavy atom. The molecular weight excluding hydrogens is 282 g/mol. The molecule has 1 aromatic heterocycles. The second-order valence-electron chi connectivity index (χ2n) is 3.67. The quantitative estimate of drug-likeness (QED) is 0.783. The number of carbonyl (C=O) groups excluding carboxylic acids is 1. The summed E-state index contributed by atoms with van der Waals surface area (Å²) in [5.74, 6) is -0.253. The van der Waals surface area contributed by atoms with E-state index in [1.54, 1.807) is 6.20 Å². The second-order valence-corrected chi connectivity index (χ2v) is 5.03. The Hall–Kier alpha value is -1.39. The van der Waals surface area contributed by atoms with Gasteiger partial charge in [0.1, 0.15) is 5.01 Å². The summed E-state index contributed by atoms with van der Waals surface area (Å²) in [5.41, 5.74) is 0. The molecule has 2 aromatic rings. The predicted octanol–water partition coefficient (Wildman–Crippen LogP) is 4.50. The highest BCUT2D eigenvalue weighted by Gasteiger charge is 2.14. The van der Waals surface area contributed by atoms with E-state index in [2.05, 4.69) is 4.98 Å². The van der Waals surface area contributed by atoms with Crippen LogP contribution in [0.3, 0.4) is 0 Å². The molecule has 0 aliphatic rings. The predicted molar refractivity (Wildman–Crippen MR) is 78.4 cm³/mol. The van der Waals surface area contributed by atoms with E-state index in [-0.39, 0.29) is 12.1 Å². The first-order chi connectivity index (χ1) is 9.13. The van der Waals surface area contributed by atoms with Crippen molar-refractivity contribution >= 4 is 28.9 Å². The van der Waals surface area contributed by atoms with Crippen molar-refractivity contribution in [2.45, 2.75) is 26.4 Å². The van der Waals surface area contributed by atoms with Crippen molar-refractivity contribution in [3.8, 4) is 0 Å². The summed E-state index contributed by atoms with van der Waals surface area (Å²) in [5, 5.41) is 3.54. The summed E-state index contributed by atoms with van der Waals surface area (Å²) in [4.78, 5) is 14.7. The maximum Gasteiger partial charge on any atom is 0.303 e. The van der Waals surface area contributed by atoms with Gasteiger partial charge in [-0.1, -0.05) is 36.7 Å². The minimum Gasteiger partial charge on any atom is -0.455 e. The molecule has 1 atom stereocenters. The minimum absolute atomic E-state index is 0.164. The lowest BCUT2D eigenvalue weighted by molar-refractivity contribution is -0.146. The van der Waals surface area contributed by atoms with Crippen molar-refractivity contribution in [1.29, 1.82) is 0 Å². The highest BCUT2D eigenvalue weighted by atomic mass is 35.5. The van der Waals surface area contributed by atoms with E-state index in [0.29, 0.717) is 0 Å². The summed E-state index contributed by atoms with van der Waals surface area (Å²) in [6.07, 6.45) is 2.32. The number of rotatable bonds is 3. The number of thiazole rings is 1. The maximum absolute atomic E-state index is 10.7. The molecule has 0 saturated heterocycles. The van der Waals surface area contributed by atoms with Gasteiger partial charge in [0.15, 0.2) is 6.10 Å². The Labute approximate surface area is 122 Å². The number of hydrogen-bond acceptors (Lipinski definition) is 4. The van der Waals surface area contributed by atoms with Crippen LogP contribution in [0.4, 0.5) is 0 Å². The first kappa shape index (κ1) is 15.7. The Morgan fingerprint density at radius 2 is 2.11 bits per heavy atom. The highest BCUT2D eigenvalue weighted by molar-refractivity contribution is 7.09. The maximum atomic E-state index is 10.7. The number of nitrogens with zero attached hydrogens (tertiary/aromatic N) is 1. The van der Waals surface area contributed by atoms with Gasteiger partial charge in [-0.25, -0.2) is 4.98 Å². The molecule has 1 heterocycles. The van der Waals surface area contributed by atoms with Gasteiger partial charge in [0, 0.05) is 23.5 Å². The number of hydrogen-bond donors (Lipinski definition) is 0. The lowest BCUT2D eigenvalue weighted by Crippen LogP contribution is -2.06. The van der Waals surface area contributed by atoms with Crippen LogP contribution in [0.1, 0.15) is 31.4 Å². The van der Waals surface area contributed by atoms with Crippen LogP contribution in [0.15, 0.2) is 41.9 Å². The van der Waals surface area contributed by atoms with E-state index < -0.39 is 0 Å². The van der Waals surface area contributed by atoms with Crippen molar-refractivity contribution in [2.75, 3.05) is 0 Å². The first-order valence-corrected chi connectivity index (χ1v) is 7.16. The summed E-state index contributed by atoms with van der Waals surface area (Å²) in [6.45, 7) is 3.38. The lowest BCUT2D eigenvalue weighted by atomic mass is 10.3. The molecule has 2 rings (SSSR count). The summed E-state index contributed by atoms with van der Waals surface area (Å²) >= 11 is 7.05. The SMILES string of the molecule is CCC(OC(C)=O)c1nccs1.Clc1ccccc1. The van der Waals surface area contributed by atoms with E-state index in [0.717, 1.165) is 16.5 Å². The van der Waals surface area contributed by atoms with Gasteiger partial charge in [-0.2, -0.15) is 0 Å². The zero-order valence-corrected chi connectivity index (χ0v) is 12.4. The Bertz CT molecular complexity index is 473. The van der Waals surface area contributed by atoms with Gasteiger partial charge >= 0.3 is 5.97 Å². The van der Waals surface area contributed by atoms with Crippen molar-refractivity contribution in [3.05, 3.63) is 51.9 Å². The minimum atomic E-state index is -0.253. The van der Waals surface area contributed by atoms with E-state index in [9.17, 15) is 4.79 Å². The Morgan fingerprint density at radius 1 is 1.42 bits per heavy atom. The molecule has 0 fully saturated rings. The third kappa shape index (κ3) is 6.36. The molecule has 1 unspecified atom stereocenters. The smallest absolute Gasteiger partial charge is 0.303 e. The van der Waals surface area contributed by atoms with Gasteiger partial charge in [-0.3, -0.25) is 4.79 Å². The molecule has 19 heavy (non-hydrogen) atoms. The number of carbonyl (C=O) groups is 1. The number of aromatic nitrogens is 1. The van der Waals surface area contributed by atoms with Crippen LogP contribution in [0.2, 0.25) is 5.02 Å². The van der Waals surface area contributed by atoms with Crippen molar-refractivity contribution in [3.63, 3.8) is 0 Å². The van der Waals surface area contributed by atoms with Gasteiger partial charge < -0.3 is 4.74 Å². The molecule has 0 N–H and O–H groups in total. The van der Waals surface area contributed by atoms with Crippen molar-refractivity contribution in [1.82, 2.24) is 4.98 Å². The fraction of sp³-hybridized carbons (Fsp3) is 0.286. The molecule has 0 aliphatic heterocycles. The Balaban J connectivity index is 0.000000218. The third-order valence-corrected chi connectivity index (χ3v) is 3.26. The van der Waals surface area contributed by atoms with Gasteiger partial charge in [-0.15, -0.1) is 11.3 Å². The van der Waals surface area contributed by atoms with Crippen LogP contribution in [0, 0.1) is 0 Å². The highest BCUT2D eigenvalue weighted by Crippen LogP contribution is 2.22. The van der Waals surface area contributed by atoms with E-state index >= 15 is 0 Å². The molecule has 1 aromatic carbocycles. The van der Waals surface area contributed by atoms with E-state index in [1.807, 2.05) is 42.6 Å². The van der Waals surface area contributed by atoms with Crippen LogP contribution < -0.4 is 0 Å². The number of halogens is 1. The molecule has 102 valence electrons. The molecule has 5 heteroatoms. The molecule has 0 saturated carbocycles. The summed E-state index contributed by atoms with van der Waals surface area (Å²) in [6, 6.07) is 9.44. The summed E-state index contributed by atoms with van der Waals surface area (Å²) in [7, 11) is 0.